The van der Waals surface area contributed by atoms with Crippen molar-refractivity contribution in [1.29, 1.82) is 10.5 Å². The second-order valence-electron chi connectivity index (χ2n) is 5.60. The summed E-state index contributed by atoms with van der Waals surface area (Å²) in [6.07, 6.45) is 0. The van der Waals surface area contributed by atoms with Crippen LogP contribution in [-0.2, 0) is 9.47 Å². The van der Waals surface area contributed by atoms with Crippen molar-refractivity contribution in [3.05, 3.63) is 34.9 Å². The number of nitrogens with two attached hydrogens (primary N) is 1. The molecule has 1 saturated carbocycles. The highest BCUT2D eigenvalue weighted by molar-refractivity contribution is 6.30. The van der Waals surface area contributed by atoms with Gasteiger partial charge in [0.2, 0.25) is 0 Å². The Kier molecular flexibility index (Phi) is 2.46. The molecule has 1 aromatic carbocycles. The zero-order valence-corrected chi connectivity index (χ0v) is 12.2. The maximum Gasteiger partial charge on any atom is 0.293 e. The lowest BCUT2D eigenvalue weighted by atomic mass is 9.94. The molecule has 2 aliphatic heterocycles. The van der Waals surface area contributed by atoms with Gasteiger partial charge in [0.25, 0.3) is 5.91 Å². The van der Waals surface area contributed by atoms with Crippen LogP contribution in [0.15, 0.2) is 29.3 Å². The number of fused-ring (bicyclic) bond motifs is 2. The van der Waals surface area contributed by atoms with Gasteiger partial charge in [-0.25, -0.2) is 4.99 Å². The molecule has 2 fully saturated rings. The van der Waals surface area contributed by atoms with Gasteiger partial charge >= 0.3 is 0 Å². The van der Waals surface area contributed by atoms with Gasteiger partial charge in [-0.1, -0.05) is 23.7 Å². The van der Waals surface area contributed by atoms with Crippen LogP contribution in [-0.4, -0.2) is 25.0 Å². The van der Waals surface area contributed by atoms with Crippen LogP contribution in [0.4, 0.5) is 0 Å². The van der Waals surface area contributed by atoms with E-state index in [4.69, 9.17) is 26.8 Å². The Bertz CT molecular complexity index is 772. The molecule has 3 atom stereocenters. The minimum Gasteiger partial charge on any atom is -0.386 e. The molecule has 0 aromatic heterocycles. The Labute approximate surface area is 131 Å². The zero-order valence-electron chi connectivity index (χ0n) is 11.4. The smallest absolute Gasteiger partial charge is 0.293 e. The molecule has 1 aromatic rings. The maximum atomic E-state index is 9.88. The number of nitrogens with zero attached hydrogens (tertiary/aromatic N) is 3. The molecule has 2 heterocycles. The predicted octanol–water partition coefficient (Wildman–Crippen LogP) is 1.53. The van der Waals surface area contributed by atoms with Gasteiger partial charge < -0.3 is 15.2 Å². The van der Waals surface area contributed by atoms with Crippen LogP contribution in [0, 0.1) is 33.5 Å². The number of ether oxygens (including phenoxy) is 2. The van der Waals surface area contributed by atoms with Crippen LogP contribution in [0.5, 0.6) is 0 Å². The largest absolute Gasteiger partial charge is 0.386 e. The molecule has 110 valence electrons. The minimum atomic E-state index is -1.48. The fourth-order valence-corrected chi connectivity index (χ4v) is 4.00. The van der Waals surface area contributed by atoms with E-state index in [-0.39, 0.29) is 5.84 Å². The van der Waals surface area contributed by atoms with Crippen molar-refractivity contribution < 1.29 is 9.47 Å². The van der Waals surface area contributed by atoms with E-state index in [9.17, 15) is 10.5 Å². The lowest BCUT2D eigenvalue weighted by Gasteiger charge is -2.25. The Morgan fingerprint density at radius 1 is 1.18 bits per heavy atom. The van der Waals surface area contributed by atoms with Gasteiger partial charge in [-0.05, 0) is 17.7 Å². The molecule has 4 rings (SSSR count). The number of amidine groups is 1. The van der Waals surface area contributed by atoms with E-state index in [2.05, 4.69) is 17.1 Å². The highest BCUT2D eigenvalue weighted by atomic mass is 35.5. The number of nitriles is 2. The Morgan fingerprint density at radius 3 is 2.36 bits per heavy atom. The normalized spacial score (nSPS) is 37.2. The molecule has 0 radical (unpaired) electrons. The summed E-state index contributed by atoms with van der Waals surface area (Å²) in [5.74, 6) is -1.84. The minimum absolute atomic E-state index is 0.0957. The first-order chi connectivity index (χ1) is 10.6. The summed E-state index contributed by atoms with van der Waals surface area (Å²) in [5, 5.41) is 20.2. The van der Waals surface area contributed by atoms with E-state index in [0.29, 0.717) is 18.2 Å². The second kappa shape index (κ2) is 3.99. The zero-order chi connectivity index (χ0) is 15.6. The average Bonchev–Trinajstić information content (AvgIpc) is 2.77. The van der Waals surface area contributed by atoms with Crippen molar-refractivity contribution in [2.75, 3.05) is 13.2 Å². The molecule has 3 aliphatic rings. The third-order valence-electron chi connectivity index (χ3n) is 4.81. The number of halogens is 1. The Hall–Kier alpha value is -2.12. The SMILES string of the molecule is N#CC12C(N)=NC3(OCCO3)C1(C#N)C2c1ccc(Cl)cc1. The standard InChI is InChI=1S/C15H11ClN4O2/c16-10-3-1-9(2-4-10)11-13(7-17)12(19)20-15(14(11,13)8-18)21-5-6-22-15/h1-4,11H,5-6H2,(H2,19,20). The van der Waals surface area contributed by atoms with E-state index in [1.807, 2.05) is 0 Å². The molecule has 1 saturated heterocycles. The van der Waals surface area contributed by atoms with Crippen LogP contribution in [0.3, 0.4) is 0 Å². The maximum absolute atomic E-state index is 9.88. The molecular weight excluding hydrogens is 304 g/mol. The van der Waals surface area contributed by atoms with Gasteiger partial charge in [0, 0.05) is 10.9 Å². The van der Waals surface area contributed by atoms with E-state index < -0.39 is 22.7 Å². The van der Waals surface area contributed by atoms with Crippen LogP contribution in [0.25, 0.3) is 0 Å². The topological polar surface area (TPSA) is 104 Å². The van der Waals surface area contributed by atoms with Crippen LogP contribution in [0.2, 0.25) is 5.02 Å². The van der Waals surface area contributed by atoms with Gasteiger partial charge in [0.1, 0.15) is 11.3 Å². The van der Waals surface area contributed by atoms with Crippen molar-refractivity contribution >= 4 is 17.4 Å². The molecule has 2 N–H and O–H groups in total. The van der Waals surface area contributed by atoms with E-state index in [1.54, 1.807) is 24.3 Å². The quantitative estimate of drug-likeness (QED) is 0.846. The first-order valence-electron chi connectivity index (χ1n) is 6.80. The van der Waals surface area contributed by atoms with Crippen molar-refractivity contribution in [1.82, 2.24) is 0 Å². The monoisotopic (exact) mass is 314 g/mol. The van der Waals surface area contributed by atoms with E-state index >= 15 is 0 Å². The number of rotatable bonds is 1. The number of aliphatic imine (C=N–C) groups is 1. The molecule has 1 aliphatic carbocycles. The highest BCUT2D eigenvalue weighted by Gasteiger charge is 2.94. The van der Waals surface area contributed by atoms with E-state index in [0.717, 1.165) is 5.56 Å². The first-order valence-corrected chi connectivity index (χ1v) is 7.17. The molecule has 3 unspecified atom stereocenters. The van der Waals surface area contributed by atoms with Crippen LogP contribution in [0.1, 0.15) is 11.5 Å². The van der Waals surface area contributed by atoms with Gasteiger partial charge in [0.15, 0.2) is 5.41 Å². The third-order valence-corrected chi connectivity index (χ3v) is 5.06. The summed E-state index contributed by atoms with van der Waals surface area (Å²) in [6.45, 7) is 0.629. The molecule has 1 spiro atoms. The fourth-order valence-electron chi connectivity index (χ4n) is 3.87. The Balaban J connectivity index is 1.92. The second-order valence-corrected chi connectivity index (χ2v) is 6.04. The highest BCUT2D eigenvalue weighted by Crippen LogP contribution is 2.82. The molecule has 0 amide bonds. The number of hydrogen-bond donors (Lipinski definition) is 1. The number of benzene rings is 1. The van der Waals surface area contributed by atoms with Crippen LogP contribution >= 0.6 is 11.6 Å². The first kappa shape index (κ1) is 13.5. The van der Waals surface area contributed by atoms with Gasteiger partial charge in [-0.15, -0.1) is 0 Å². The molecule has 22 heavy (non-hydrogen) atoms. The summed E-state index contributed by atoms with van der Waals surface area (Å²) < 4.78 is 11.3. The summed E-state index contributed by atoms with van der Waals surface area (Å²) in [6, 6.07) is 11.5. The van der Waals surface area contributed by atoms with Crippen molar-refractivity contribution in [2.24, 2.45) is 21.6 Å². The predicted molar refractivity (Wildman–Crippen MR) is 76.5 cm³/mol. The summed E-state index contributed by atoms with van der Waals surface area (Å²) in [4.78, 5) is 4.21. The van der Waals surface area contributed by atoms with Gasteiger partial charge in [-0.3, -0.25) is 0 Å². The molecule has 0 bridgehead atoms. The van der Waals surface area contributed by atoms with Gasteiger partial charge in [-0.2, -0.15) is 10.5 Å². The molecule has 6 nitrogen and oxygen atoms in total. The third kappa shape index (κ3) is 1.17. The van der Waals surface area contributed by atoms with Crippen LogP contribution < -0.4 is 5.73 Å². The fraction of sp³-hybridized carbons (Fsp3) is 0.400. The molecule has 7 heteroatoms. The Morgan fingerprint density at radius 2 is 1.82 bits per heavy atom. The van der Waals surface area contributed by atoms with Crippen molar-refractivity contribution in [3.63, 3.8) is 0 Å². The summed E-state index contributed by atoms with van der Waals surface area (Å²) in [7, 11) is 0. The average molecular weight is 315 g/mol. The lowest BCUT2D eigenvalue weighted by molar-refractivity contribution is -0.184. The molecular formula is C15H11ClN4O2. The van der Waals surface area contributed by atoms with Crippen molar-refractivity contribution in [3.8, 4) is 12.1 Å². The van der Waals surface area contributed by atoms with Crippen molar-refractivity contribution in [2.45, 2.75) is 11.8 Å². The lowest BCUT2D eigenvalue weighted by Crippen LogP contribution is -2.38. The van der Waals surface area contributed by atoms with E-state index in [1.165, 1.54) is 0 Å². The summed E-state index contributed by atoms with van der Waals surface area (Å²) >= 11 is 5.92. The van der Waals surface area contributed by atoms with Gasteiger partial charge in [0.05, 0.1) is 25.4 Å². The summed E-state index contributed by atoms with van der Waals surface area (Å²) in [5.41, 5.74) is 4.34. The number of hydrogen-bond acceptors (Lipinski definition) is 6.